The van der Waals surface area contributed by atoms with E-state index in [2.05, 4.69) is 17.0 Å². The molecule has 1 aromatic carbocycles. The van der Waals surface area contributed by atoms with Gasteiger partial charge in [-0.3, -0.25) is 4.79 Å². The molecular formula is C19H27N3O2. The van der Waals surface area contributed by atoms with E-state index in [1.165, 1.54) is 5.56 Å². The second-order valence-corrected chi connectivity index (χ2v) is 6.51. The first-order chi connectivity index (χ1) is 11.5. The van der Waals surface area contributed by atoms with Gasteiger partial charge >= 0.3 is 5.97 Å². The van der Waals surface area contributed by atoms with Gasteiger partial charge < -0.3 is 15.4 Å². The van der Waals surface area contributed by atoms with Crippen LogP contribution < -0.4 is 10.6 Å². The largest absolute Gasteiger partial charge is 0.466 e. The van der Waals surface area contributed by atoms with Gasteiger partial charge in [0.05, 0.1) is 17.9 Å². The molecule has 0 amide bonds. The number of nitrogens with two attached hydrogens (primary N) is 1. The molecule has 0 unspecified atom stereocenters. The minimum atomic E-state index is -0.127. The highest BCUT2D eigenvalue weighted by Crippen LogP contribution is 2.33. The number of carbonyl (C=O) groups is 1. The van der Waals surface area contributed by atoms with Crippen LogP contribution in [0, 0.1) is 11.3 Å². The number of ether oxygens (including phenoxy) is 1. The number of rotatable bonds is 8. The van der Waals surface area contributed by atoms with E-state index in [0.717, 1.165) is 55.6 Å². The van der Waals surface area contributed by atoms with Crippen molar-refractivity contribution in [3.8, 4) is 6.07 Å². The molecular weight excluding hydrogens is 302 g/mol. The maximum Gasteiger partial charge on any atom is 0.305 e. The topological polar surface area (TPSA) is 79.3 Å². The molecule has 2 N–H and O–H groups in total. The van der Waals surface area contributed by atoms with Crippen LogP contribution in [0.5, 0.6) is 0 Å². The smallest absolute Gasteiger partial charge is 0.305 e. The van der Waals surface area contributed by atoms with E-state index in [-0.39, 0.29) is 12.0 Å². The lowest BCUT2D eigenvalue weighted by Gasteiger charge is -2.21. The Morgan fingerprint density at radius 2 is 2.29 bits per heavy atom. The normalized spacial score (nSPS) is 14.2. The first-order valence-electron chi connectivity index (χ1n) is 8.77. The van der Waals surface area contributed by atoms with Gasteiger partial charge in [0.15, 0.2) is 0 Å². The van der Waals surface area contributed by atoms with E-state index >= 15 is 0 Å². The Hall–Kier alpha value is -2.06. The lowest BCUT2D eigenvalue weighted by molar-refractivity contribution is -0.143. The minimum Gasteiger partial charge on any atom is -0.466 e. The van der Waals surface area contributed by atoms with Crippen molar-refractivity contribution in [1.82, 2.24) is 0 Å². The molecule has 2 rings (SSSR count). The number of anilines is 1. The van der Waals surface area contributed by atoms with Crippen molar-refractivity contribution >= 4 is 11.7 Å². The Balaban J connectivity index is 1.98. The van der Waals surface area contributed by atoms with Gasteiger partial charge in [-0.1, -0.05) is 13.0 Å². The molecule has 130 valence electrons. The highest BCUT2D eigenvalue weighted by atomic mass is 16.5. The number of fused-ring (bicyclic) bond motifs is 1. The third-order valence-electron chi connectivity index (χ3n) is 4.18. The summed E-state index contributed by atoms with van der Waals surface area (Å²) in [5.74, 6) is -0.127. The molecule has 0 fully saturated rings. The highest BCUT2D eigenvalue weighted by molar-refractivity contribution is 5.69. The van der Waals surface area contributed by atoms with Gasteiger partial charge in [-0.15, -0.1) is 0 Å². The van der Waals surface area contributed by atoms with Gasteiger partial charge in [-0.05, 0) is 49.8 Å². The number of hydrogen-bond acceptors (Lipinski definition) is 5. The van der Waals surface area contributed by atoms with E-state index in [9.17, 15) is 10.1 Å². The molecule has 0 radical (unpaired) electrons. The van der Waals surface area contributed by atoms with E-state index in [0.29, 0.717) is 13.0 Å². The number of hydrogen-bond donors (Lipinski definition) is 1. The summed E-state index contributed by atoms with van der Waals surface area (Å²) in [6.07, 6.45) is 3.81. The van der Waals surface area contributed by atoms with Crippen molar-refractivity contribution in [2.75, 3.05) is 24.6 Å². The fourth-order valence-electron chi connectivity index (χ4n) is 3.21. The van der Waals surface area contributed by atoms with Crippen LogP contribution in [0.15, 0.2) is 12.1 Å². The fourth-order valence-corrected chi connectivity index (χ4v) is 3.21. The summed E-state index contributed by atoms with van der Waals surface area (Å²) in [4.78, 5) is 13.6. The molecule has 1 aliphatic heterocycles. The maximum absolute atomic E-state index is 11.4. The molecule has 5 heteroatoms. The van der Waals surface area contributed by atoms with Gasteiger partial charge in [-0.2, -0.15) is 5.26 Å². The van der Waals surface area contributed by atoms with E-state index in [1.54, 1.807) is 0 Å². The van der Waals surface area contributed by atoms with Crippen LogP contribution in [-0.2, 0) is 22.4 Å². The zero-order valence-corrected chi connectivity index (χ0v) is 14.7. The summed E-state index contributed by atoms with van der Waals surface area (Å²) < 4.78 is 5.21. The summed E-state index contributed by atoms with van der Waals surface area (Å²) >= 11 is 0. The molecule has 5 nitrogen and oxygen atoms in total. The van der Waals surface area contributed by atoms with Crippen molar-refractivity contribution in [1.29, 1.82) is 5.26 Å². The zero-order valence-electron chi connectivity index (χ0n) is 14.7. The Kier molecular flexibility index (Phi) is 6.62. The Bertz CT molecular complexity index is 620. The second kappa shape index (κ2) is 8.70. The maximum atomic E-state index is 11.4. The monoisotopic (exact) mass is 329 g/mol. The first kappa shape index (κ1) is 18.3. The van der Waals surface area contributed by atoms with Gasteiger partial charge in [0.25, 0.3) is 0 Å². The summed E-state index contributed by atoms with van der Waals surface area (Å²) in [6, 6.07) is 6.56. The highest BCUT2D eigenvalue weighted by Gasteiger charge is 2.23. The van der Waals surface area contributed by atoms with Crippen LogP contribution in [0.4, 0.5) is 5.69 Å². The van der Waals surface area contributed by atoms with Gasteiger partial charge in [0.1, 0.15) is 6.07 Å². The van der Waals surface area contributed by atoms with Crippen molar-refractivity contribution < 1.29 is 9.53 Å². The first-order valence-corrected chi connectivity index (χ1v) is 8.77. The van der Waals surface area contributed by atoms with Crippen LogP contribution in [0.3, 0.4) is 0 Å². The average Bonchev–Trinajstić information content (AvgIpc) is 2.93. The number of benzene rings is 1. The van der Waals surface area contributed by atoms with Crippen molar-refractivity contribution in [2.24, 2.45) is 5.73 Å². The van der Waals surface area contributed by atoms with Crippen LogP contribution in [0.25, 0.3) is 0 Å². The van der Waals surface area contributed by atoms with Gasteiger partial charge in [0, 0.05) is 25.6 Å². The standard InChI is InChI=1S/C19H27N3O2/c1-3-5-18(23)24-9-4-7-22-8-6-16-11-15(10-14(2)21)12-17(13-20)19(16)22/h11-12,14H,3-10,21H2,1-2H3/t14-/m1/s1. The molecule has 0 aliphatic carbocycles. The quantitative estimate of drug-likeness (QED) is 0.585. The molecule has 0 saturated heterocycles. The van der Waals surface area contributed by atoms with Gasteiger partial charge in [-0.25, -0.2) is 0 Å². The summed E-state index contributed by atoms with van der Waals surface area (Å²) in [5.41, 5.74) is 10.0. The summed E-state index contributed by atoms with van der Waals surface area (Å²) in [6.45, 7) is 6.09. The van der Waals surface area contributed by atoms with Crippen LogP contribution >= 0.6 is 0 Å². The van der Waals surface area contributed by atoms with E-state index in [1.807, 2.05) is 19.9 Å². The zero-order chi connectivity index (χ0) is 17.5. The fraction of sp³-hybridized carbons (Fsp3) is 0.579. The molecule has 0 bridgehead atoms. The Morgan fingerprint density at radius 3 is 2.96 bits per heavy atom. The molecule has 24 heavy (non-hydrogen) atoms. The van der Waals surface area contributed by atoms with E-state index in [4.69, 9.17) is 10.5 Å². The molecule has 0 spiro atoms. The third kappa shape index (κ3) is 4.72. The van der Waals surface area contributed by atoms with E-state index < -0.39 is 0 Å². The number of nitriles is 1. The van der Waals surface area contributed by atoms with Crippen LogP contribution in [-0.4, -0.2) is 31.7 Å². The molecule has 1 aromatic rings. The summed E-state index contributed by atoms with van der Waals surface area (Å²) in [7, 11) is 0. The van der Waals surface area contributed by atoms with Crippen molar-refractivity contribution in [2.45, 2.75) is 52.0 Å². The van der Waals surface area contributed by atoms with Crippen molar-refractivity contribution in [3.05, 3.63) is 28.8 Å². The lowest BCUT2D eigenvalue weighted by Crippen LogP contribution is -2.24. The Labute approximate surface area is 144 Å². The number of esters is 1. The van der Waals surface area contributed by atoms with Crippen LogP contribution in [0.1, 0.15) is 49.8 Å². The SMILES string of the molecule is CCCC(=O)OCCCN1CCc2cc(C[C@@H](C)N)cc(C#N)c21. The molecule has 0 aromatic heterocycles. The van der Waals surface area contributed by atoms with Crippen LogP contribution in [0.2, 0.25) is 0 Å². The number of carbonyl (C=O) groups excluding carboxylic acids is 1. The second-order valence-electron chi connectivity index (χ2n) is 6.51. The summed E-state index contributed by atoms with van der Waals surface area (Å²) in [5, 5.41) is 9.50. The molecule has 1 aliphatic rings. The van der Waals surface area contributed by atoms with Crippen molar-refractivity contribution in [3.63, 3.8) is 0 Å². The average molecular weight is 329 g/mol. The minimum absolute atomic E-state index is 0.0879. The molecule has 0 saturated carbocycles. The molecule has 1 heterocycles. The molecule has 1 atom stereocenters. The third-order valence-corrected chi connectivity index (χ3v) is 4.18. The lowest BCUT2D eigenvalue weighted by atomic mass is 9.99. The number of nitrogens with zero attached hydrogens (tertiary/aromatic N) is 2. The predicted octanol–water partition coefficient (Wildman–Crippen LogP) is 2.54. The predicted molar refractivity (Wildman–Crippen MR) is 94.9 cm³/mol. The Morgan fingerprint density at radius 1 is 1.50 bits per heavy atom. The van der Waals surface area contributed by atoms with Gasteiger partial charge in [0.2, 0.25) is 0 Å².